The molecule has 0 amide bonds. The van der Waals surface area contributed by atoms with Crippen molar-refractivity contribution in [1.29, 1.82) is 0 Å². The third-order valence-electron chi connectivity index (χ3n) is 4.13. The summed E-state index contributed by atoms with van der Waals surface area (Å²) in [6, 6.07) is 0. The quantitative estimate of drug-likeness (QED) is 0.408. The molecule has 1 aliphatic rings. The van der Waals surface area contributed by atoms with Gasteiger partial charge in [0.1, 0.15) is 0 Å². The van der Waals surface area contributed by atoms with Gasteiger partial charge in [-0.1, -0.05) is 56.9 Å². The van der Waals surface area contributed by atoms with E-state index in [0.717, 1.165) is 19.3 Å². The Morgan fingerprint density at radius 1 is 1.25 bits per heavy atom. The second-order valence-corrected chi connectivity index (χ2v) is 5.91. The molecule has 0 aromatic rings. The average Bonchev–Trinajstić information content (AvgIpc) is 2.85. The molecule has 1 rings (SSSR count). The van der Waals surface area contributed by atoms with Crippen molar-refractivity contribution >= 4 is 5.97 Å². The van der Waals surface area contributed by atoms with Gasteiger partial charge in [-0.15, -0.1) is 0 Å². The molecule has 2 unspecified atom stereocenters. The van der Waals surface area contributed by atoms with Gasteiger partial charge in [-0.3, -0.25) is 4.79 Å². The van der Waals surface area contributed by atoms with Crippen molar-refractivity contribution in [1.82, 2.24) is 0 Å². The van der Waals surface area contributed by atoms with E-state index in [0.29, 0.717) is 18.3 Å². The highest BCUT2D eigenvalue weighted by molar-refractivity contribution is 5.66. The van der Waals surface area contributed by atoms with E-state index in [4.69, 9.17) is 5.11 Å². The lowest BCUT2D eigenvalue weighted by molar-refractivity contribution is -0.137. The molecule has 1 aliphatic carbocycles. The van der Waals surface area contributed by atoms with E-state index in [1.54, 1.807) is 0 Å². The van der Waals surface area contributed by atoms with Gasteiger partial charge in [0.2, 0.25) is 0 Å². The van der Waals surface area contributed by atoms with Gasteiger partial charge in [-0.05, 0) is 43.9 Å². The number of carboxylic acid groups (broad SMARTS) is 1. The summed E-state index contributed by atoms with van der Waals surface area (Å²) >= 11 is 0. The Balaban J connectivity index is 2.13. The van der Waals surface area contributed by atoms with Crippen LogP contribution in [0.15, 0.2) is 24.3 Å². The number of hydrogen-bond donors (Lipinski definition) is 1. The number of carbonyl (C=O) groups is 1. The summed E-state index contributed by atoms with van der Waals surface area (Å²) in [5, 5.41) is 8.60. The molecule has 0 heterocycles. The van der Waals surface area contributed by atoms with E-state index in [1.807, 2.05) is 0 Å². The molecule has 0 spiro atoms. The Labute approximate surface area is 124 Å². The van der Waals surface area contributed by atoms with Gasteiger partial charge in [-0.25, -0.2) is 0 Å². The SMILES string of the molecule is CCCCC/C=C\C1CC=CC1CCCCCC(=O)O. The lowest BCUT2D eigenvalue weighted by Gasteiger charge is -2.15. The van der Waals surface area contributed by atoms with Crippen molar-refractivity contribution < 1.29 is 9.90 Å². The molecule has 0 aliphatic heterocycles. The fourth-order valence-corrected chi connectivity index (χ4v) is 2.88. The van der Waals surface area contributed by atoms with Crippen LogP contribution >= 0.6 is 0 Å². The molecular weight excluding hydrogens is 248 g/mol. The fourth-order valence-electron chi connectivity index (χ4n) is 2.88. The smallest absolute Gasteiger partial charge is 0.303 e. The largest absolute Gasteiger partial charge is 0.481 e. The van der Waals surface area contributed by atoms with Crippen LogP contribution in [0, 0.1) is 11.8 Å². The maximum absolute atomic E-state index is 10.4. The minimum Gasteiger partial charge on any atom is -0.481 e. The zero-order valence-corrected chi connectivity index (χ0v) is 12.9. The van der Waals surface area contributed by atoms with Gasteiger partial charge in [0.25, 0.3) is 0 Å². The molecule has 0 fully saturated rings. The normalized spacial score (nSPS) is 21.9. The van der Waals surface area contributed by atoms with E-state index in [2.05, 4.69) is 31.2 Å². The van der Waals surface area contributed by atoms with Crippen molar-refractivity contribution in [3.8, 4) is 0 Å². The third-order valence-corrected chi connectivity index (χ3v) is 4.13. The zero-order valence-electron chi connectivity index (χ0n) is 12.9. The van der Waals surface area contributed by atoms with Crippen molar-refractivity contribution in [3.05, 3.63) is 24.3 Å². The predicted molar refractivity (Wildman–Crippen MR) is 84.7 cm³/mol. The van der Waals surface area contributed by atoms with E-state index >= 15 is 0 Å². The number of hydrogen-bond acceptors (Lipinski definition) is 1. The summed E-state index contributed by atoms with van der Waals surface area (Å²) < 4.78 is 0. The van der Waals surface area contributed by atoms with Crippen LogP contribution in [0.4, 0.5) is 0 Å². The summed E-state index contributed by atoms with van der Waals surface area (Å²) in [5.74, 6) is 0.706. The molecule has 0 saturated carbocycles. The Morgan fingerprint density at radius 2 is 2.10 bits per heavy atom. The molecule has 2 heteroatoms. The summed E-state index contributed by atoms with van der Waals surface area (Å²) in [6.07, 6.45) is 20.3. The second kappa shape index (κ2) is 10.7. The minimum absolute atomic E-state index is 0.321. The van der Waals surface area contributed by atoms with Crippen LogP contribution in [0.1, 0.15) is 71.1 Å². The molecule has 0 bridgehead atoms. The first-order valence-electron chi connectivity index (χ1n) is 8.29. The fraction of sp³-hybridized carbons (Fsp3) is 0.722. The highest BCUT2D eigenvalue weighted by Gasteiger charge is 2.19. The van der Waals surface area contributed by atoms with Crippen LogP contribution in [0.2, 0.25) is 0 Å². The highest BCUT2D eigenvalue weighted by atomic mass is 16.4. The second-order valence-electron chi connectivity index (χ2n) is 5.91. The van der Waals surface area contributed by atoms with Crippen LogP contribution in [-0.4, -0.2) is 11.1 Å². The molecule has 1 N–H and O–H groups in total. The lowest BCUT2D eigenvalue weighted by Crippen LogP contribution is -2.05. The summed E-state index contributed by atoms with van der Waals surface area (Å²) in [7, 11) is 0. The Hall–Kier alpha value is -1.05. The molecule has 0 aromatic heterocycles. The van der Waals surface area contributed by atoms with Gasteiger partial charge >= 0.3 is 5.97 Å². The highest BCUT2D eigenvalue weighted by Crippen LogP contribution is 2.31. The summed E-state index contributed by atoms with van der Waals surface area (Å²) in [4.78, 5) is 10.4. The maximum Gasteiger partial charge on any atom is 0.303 e. The van der Waals surface area contributed by atoms with Crippen LogP contribution in [0.3, 0.4) is 0 Å². The van der Waals surface area contributed by atoms with Gasteiger partial charge in [0.05, 0.1) is 0 Å². The van der Waals surface area contributed by atoms with Gasteiger partial charge in [-0.2, -0.15) is 0 Å². The third kappa shape index (κ3) is 7.52. The Bertz CT molecular complexity index is 317. The van der Waals surface area contributed by atoms with Crippen molar-refractivity contribution in [3.63, 3.8) is 0 Å². The van der Waals surface area contributed by atoms with Crippen molar-refractivity contribution in [2.24, 2.45) is 11.8 Å². The first kappa shape index (κ1) is 17.0. The van der Waals surface area contributed by atoms with Crippen molar-refractivity contribution in [2.45, 2.75) is 71.1 Å². The van der Waals surface area contributed by atoms with E-state index in [1.165, 1.54) is 38.5 Å². The molecule has 0 aromatic carbocycles. The van der Waals surface area contributed by atoms with E-state index in [9.17, 15) is 4.79 Å². The monoisotopic (exact) mass is 278 g/mol. The van der Waals surface area contributed by atoms with Gasteiger partial charge in [0.15, 0.2) is 0 Å². The Kier molecular flexibility index (Phi) is 9.10. The number of rotatable bonds is 11. The van der Waals surface area contributed by atoms with Crippen LogP contribution < -0.4 is 0 Å². The molecule has 2 atom stereocenters. The van der Waals surface area contributed by atoms with Crippen molar-refractivity contribution in [2.75, 3.05) is 0 Å². The number of aliphatic carboxylic acids is 1. The molecular formula is C18H30O2. The molecule has 2 nitrogen and oxygen atoms in total. The van der Waals surface area contributed by atoms with E-state index in [-0.39, 0.29) is 0 Å². The number of unbranched alkanes of at least 4 members (excludes halogenated alkanes) is 5. The van der Waals surface area contributed by atoms with E-state index < -0.39 is 5.97 Å². The molecule has 0 radical (unpaired) electrons. The van der Waals surface area contributed by atoms with Crippen LogP contribution in [0.5, 0.6) is 0 Å². The van der Waals surface area contributed by atoms with Gasteiger partial charge in [0, 0.05) is 6.42 Å². The number of allylic oxidation sites excluding steroid dienone is 4. The van der Waals surface area contributed by atoms with Gasteiger partial charge < -0.3 is 5.11 Å². The standard InChI is InChI=1S/C18H30O2/c1-2-3-4-5-7-11-16-13-10-14-17(16)12-8-6-9-15-18(19)20/h7,10-11,14,16-17H,2-6,8-9,12-13,15H2,1H3,(H,19,20)/b11-7-. The zero-order chi connectivity index (χ0) is 14.6. The lowest BCUT2D eigenvalue weighted by atomic mass is 9.90. The first-order chi connectivity index (χ1) is 9.74. The Morgan fingerprint density at radius 3 is 2.85 bits per heavy atom. The van der Waals surface area contributed by atoms with Crippen LogP contribution in [-0.2, 0) is 4.79 Å². The molecule has 20 heavy (non-hydrogen) atoms. The summed E-state index contributed by atoms with van der Waals surface area (Å²) in [5.41, 5.74) is 0. The predicted octanol–water partition coefficient (Wildman–Crippen LogP) is 5.35. The minimum atomic E-state index is -0.668. The molecule has 114 valence electrons. The van der Waals surface area contributed by atoms with Crippen LogP contribution in [0.25, 0.3) is 0 Å². The average molecular weight is 278 g/mol. The maximum atomic E-state index is 10.4. The number of carboxylic acids is 1. The topological polar surface area (TPSA) is 37.3 Å². The summed E-state index contributed by atoms with van der Waals surface area (Å²) in [6.45, 7) is 2.24. The first-order valence-corrected chi connectivity index (χ1v) is 8.29. The molecule has 0 saturated heterocycles.